The lowest BCUT2D eigenvalue weighted by Crippen LogP contribution is -2.50. The van der Waals surface area contributed by atoms with Crippen molar-refractivity contribution in [2.75, 3.05) is 0 Å². The van der Waals surface area contributed by atoms with Gasteiger partial charge < -0.3 is 5.73 Å². The molecule has 0 saturated carbocycles. The second-order valence-corrected chi connectivity index (χ2v) is 4.95. The molecule has 0 aliphatic rings. The monoisotopic (exact) mass is 309 g/mol. The Morgan fingerprint density at radius 1 is 1.09 bits per heavy atom. The normalized spacial score (nSPS) is 12.9. The zero-order chi connectivity index (χ0) is 16.8. The Bertz CT molecular complexity index is 765. The Balaban J connectivity index is 2.65. The smallest absolute Gasteiger partial charge is 0.287 e. The van der Waals surface area contributed by atoms with E-state index in [4.69, 9.17) is 5.73 Å². The van der Waals surface area contributed by atoms with Gasteiger partial charge in [-0.05, 0) is 6.07 Å². The van der Waals surface area contributed by atoms with E-state index in [-0.39, 0.29) is 5.56 Å². The first-order valence-electron chi connectivity index (χ1n) is 6.89. The fraction of sp³-hybridized carbons (Fsp3) is 0.176. The number of nitriles is 2. The fourth-order valence-corrected chi connectivity index (χ4v) is 2.57. The molecule has 0 aliphatic carbocycles. The molecule has 0 bridgehead atoms. The van der Waals surface area contributed by atoms with Crippen molar-refractivity contribution in [2.24, 2.45) is 11.7 Å². The van der Waals surface area contributed by atoms with E-state index in [1.807, 2.05) is 12.1 Å². The zero-order valence-corrected chi connectivity index (χ0v) is 12.1. The lowest BCUT2D eigenvalue weighted by molar-refractivity contribution is -0.712. The standard InChI is InChI=1S/C17H13FN4O/c18-14-7-3-2-6-13(14)15(12(10-19)11-20)16(17(21)23)22-8-4-1-5-9-22/h1-9,12,15-16H,(H-,21,23)/p+1/t15-,16-/m1/s1. The molecule has 1 aromatic carbocycles. The highest BCUT2D eigenvalue weighted by Crippen LogP contribution is 2.33. The van der Waals surface area contributed by atoms with Gasteiger partial charge in [0.25, 0.3) is 5.91 Å². The van der Waals surface area contributed by atoms with Crippen molar-refractivity contribution in [2.45, 2.75) is 12.0 Å². The molecule has 0 radical (unpaired) electrons. The van der Waals surface area contributed by atoms with Gasteiger partial charge in [0.15, 0.2) is 12.4 Å². The van der Waals surface area contributed by atoms with Gasteiger partial charge in [-0.2, -0.15) is 15.1 Å². The number of carbonyl (C=O) groups is 1. The van der Waals surface area contributed by atoms with Crippen molar-refractivity contribution in [3.63, 3.8) is 0 Å². The molecular weight excluding hydrogens is 295 g/mol. The van der Waals surface area contributed by atoms with Crippen molar-refractivity contribution < 1.29 is 13.8 Å². The van der Waals surface area contributed by atoms with Crippen molar-refractivity contribution >= 4 is 5.91 Å². The quantitative estimate of drug-likeness (QED) is 0.850. The maximum Gasteiger partial charge on any atom is 0.287 e. The van der Waals surface area contributed by atoms with Gasteiger partial charge in [0.05, 0.1) is 18.1 Å². The van der Waals surface area contributed by atoms with Crippen LogP contribution < -0.4 is 10.3 Å². The van der Waals surface area contributed by atoms with Crippen LogP contribution in [0.4, 0.5) is 4.39 Å². The first-order valence-corrected chi connectivity index (χ1v) is 6.89. The molecule has 6 heteroatoms. The Kier molecular flexibility index (Phi) is 5.01. The van der Waals surface area contributed by atoms with Gasteiger partial charge in [-0.15, -0.1) is 0 Å². The van der Waals surface area contributed by atoms with Crippen LogP contribution in [0.5, 0.6) is 0 Å². The summed E-state index contributed by atoms with van der Waals surface area (Å²) in [4.78, 5) is 12.0. The number of nitrogens with zero attached hydrogens (tertiary/aromatic N) is 3. The van der Waals surface area contributed by atoms with E-state index in [2.05, 4.69) is 0 Å². The molecule has 0 saturated heterocycles. The van der Waals surface area contributed by atoms with E-state index in [0.29, 0.717) is 0 Å². The van der Waals surface area contributed by atoms with Gasteiger partial charge in [0.1, 0.15) is 11.7 Å². The second kappa shape index (κ2) is 7.15. The molecule has 1 amide bonds. The average molecular weight is 309 g/mol. The summed E-state index contributed by atoms with van der Waals surface area (Å²) in [6, 6.07) is 13.5. The lowest BCUT2D eigenvalue weighted by atomic mass is 9.81. The Morgan fingerprint density at radius 2 is 1.70 bits per heavy atom. The van der Waals surface area contributed by atoms with E-state index in [1.54, 1.807) is 36.7 Å². The van der Waals surface area contributed by atoms with Crippen LogP contribution in [0.3, 0.4) is 0 Å². The molecular formula is C17H14FN4O+. The topological polar surface area (TPSA) is 94.5 Å². The molecule has 114 valence electrons. The summed E-state index contributed by atoms with van der Waals surface area (Å²) < 4.78 is 15.7. The molecule has 2 aromatic rings. The van der Waals surface area contributed by atoms with Crippen LogP contribution in [0.1, 0.15) is 17.5 Å². The van der Waals surface area contributed by atoms with Crippen molar-refractivity contribution in [3.8, 4) is 12.1 Å². The van der Waals surface area contributed by atoms with Crippen molar-refractivity contribution in [1.82, 2.24) is 0 Å². The molecule has 0 aliphatic heterocycles. The molecule has 1 aromatic heterocycles. The van der Waals surface area contributed by atoms with E-state index in [1.165, 1.54) is 22.8 Å². The van der Waals surface area contributed by atoms with Crippen LogP contribution in [-0.4, -0.2) is 5.91 Å². The van der Waals surface area contributed by atoms with Gasteiger partial charge in [0, 0.05) is 17.7 Å². The highest BCUT2D eigenvalue weighted by atomic mass is 19.1. The third kappa shape index (κ3) is 3.33. The average Bonchev–Trinajstić information content (AvgIpc) is 2.56. The van der Waals surface area contributed by atoms with Crippen LogP contribution in [-0.2, 0) is 4.79 Å². The van der Waals surface area contributed by atoms with E-state index in [9.17, 15) is 19.7 Å². The van der Waals surface area contributed by atoms with Gasteiger partial charge in [-0.1, -0.05) is 24.3 Å². The summed E-state index contributed by atoms with van der Waals surface area (Å²) in [6.07, 6.45) is 3.18. The minimum atomic E-state index is -1.22. The number of nitrogens with two attached hydrogens (primary N) is 1. The van der Waals surface area contributed by atoms with E-state index in [0.717, 1.165) is 0 Å². The summed E-state index contributed by atoms with van der Waals surface area (Å²) in [7, 11) is 0. The highest BCUT2D eigenvalue weighted by molar-refractivity contribution is 5.78. The third-order valence-electron chi connectivity index (χ3n) is 3.59. The predicted octanol–water partition coefficient (Wildman–Crippen LogP) is 1.59. The van der Waals surface area contributed by atoms with Gasteiger partial charge in [-0.25, -0.2) is 4.39 Å². The number of benzene rings is 1. The number of halogens is 1. The SMILES string of the molecule is N#CC(C#N)[C@H](c1ccccc1F)[C@H](C(N)=O)[n+]1ccccc1. The Morgan fingerprint density at radius 3 is 2.22 bits per heavy atom. The maximum absolute atomic E-state index is 14.2. The third-order valence-corrected chi connectivity index (χ3v) is 3.59. The van der Waals surface area contributed by atoms with Gasteiger partial charge in [0.2, 0.25) is 6.04 Å². The number of carbonyl (C=O) groups excluding carboxylic acids is 1. The highest BCUT2D eigenvalue weighted by Gasteiger charge is 2.42. The summed E-state index contributed by atoms with van der Waals surface area (Å²) in [6.45, 7) is 0. The number of aromatic nitrogens is 1. The van der Waals surface area contributed by atoms with Gasteiger partial charge in [-0.3, -0.25) is 4.79 Å². The first-order chi connectivity index (χ1) is 11.1. The molecule has 0 fully saturated rings. The number of rotatable bonds is 5. The largest absolute Gasteiger partial charge is 0.364 e. The van der Waals surface area contributed by atoms with Crippen LogP contribution >= 0.6 is 0 Å². The molecule has 2 rings (SSSR count). The lowest BCUT2D eigenvalue weighted by Gasteiger charge is -2.22. The number of pyridine rings is 1. The molecule has 2 N–H and O–H groups in total. The zero-order valence-electron chi connectivity index (χ0n) is 12.1. The summed E-state index contributed by atoms with van der Waals surface area (Å²) >= 11 is 0. The molecule has 0 spiro atoms. The van der Waals surface area contributed by atoms with Crippen LogP contribution in [0.25, 0.3) is 0 Å². The number of amides is 1. The molecule has 23 heavy (non-hydrogen) atoms. The maximum atomic E-state index is 14.2. The Labute approximate surface area is 133 Å². The van der Waals surface area contributed by atoms with Crippen molar-refractivity contribution in [1.29, 1.82) is 10.5 Å². The molecule has 2 atom stereocenters. The number of hydrogen-bond acceptors (Lipinski definition) is 3. The summed E-state index contributed by atoms with van der Waals surface area (Å²) in [5.74, 6) is -3.58. The molecule has 1 heterocycles. The number of hydrogen-bond donors (Lipinski definition) is 1. The minimum Gasteiger partial charge on any atom is -0.364 e. The second-order valence-electron chi connectivity index (χ2n) is 4.95. The fourth-order valence-electron chi connectivity index (χ4n) is 2.57. The minimum absolute atomic E-state index is 0.112. The summed E-state index contributed by atoms with van der Waals surface area (Å²) in [5, 5.41) is 18.5. The van der Waals surface area contributed by atoms with Crippen molar-refractivity contribution in [3.05, 3.63) is 66.2 Å². The summed E-state index contributed by atoms with van der Waals surface area (Å²) in [5.41, 5.74) is 5.62. The van der Waals surface area contributed by atoms with Crippen LogP contribution in [0.2, 0.25) is 0 Å². The predicted molar refractivity (Wildman–Crippen MR) is 78.7 cm³/mol. The van der Waals surface area contributed by atoms with Crippen LogP contribution in [0.15, 0.2) is 54.9 Å². The van der Waals surface area contributed by atoms with Crippen LogP contribution in [0, 0.1) is 34.4 Å². The molecule has 5 nitrogen and oxygen atoms in total. The Hall–Kier alpha value is -3.25. The van der Waals surface area contributed by atoms with E-state index >= 15 is 0 Å². The number of primary amides is 1. The molecule has 0 unspecified atom stereocenters. The van der Waals surface area contributed by atoms with Gasteiger partial charge >= 0.3 is 0 Å². The van der Waals surface area contributed by atoms with E-state index < -0.39 is 29.6 Å². The first kappa shape index (κ1) is 16.1.